The third kappa shape index (κ3) is 1.68. The second-order valence-electron chi connectivity index (χ2n) is 3.37. The minimum atomic E-state index is -4.39. The molecular weight excluding hydrogens is 205 g/mol. The SMILES string of the molecule is N#Cc1cc2c(c(C(F)(F)F)c1)CNC2. The summed E-state index contributed by atoms with van der Waals surface area (Å²) >= 11 is 0. The minimum Gasteiger partial charge on any atom is -0.309 e. The molecule has 1 aromatic rings. The van der Waals surface area contributed by atoms with Gasteiger partial charge in [0, 0.05) is 13.1 Å². The Morgan fingerprint density at radius 1 is 1.27 bits per heavy atom. The van der Waals surface area contributed by atoms with Crippen molar-refractivity contribution in [2.75, 3.05) is 0 Å². The fraction of sp³-hybridized carbons (Fsp3) is 0.300. The quantitative estimate of drug-likeness (QED) is 0.715. The van der Waals surface area contributed by atoms with E-state index in [1.807, 2.05) is 0 Å². The second-order valence-corrected chi connectivity index (χ2v) is 3.37. The van der Waals surface area contributed by atoms with Gasteiger partial charge in [-0.05, 0) is 23.3 Å². The van der Waals surface area contributed by atoms with Crippen molar-refractivity contribution in [2.45, 2.75) is 19.3 Å². The van der Waals surface area contributed by atoms with Gasteiger partial charge in [-0.3, -0.25) is 0 Å². The fourth-order valence-corrected chi connectivity index (χ4v) is 1.74. The number of fused-ring (bicyclic) bond motifs is 1. The van der Waals surface area contributed by atoms with Crippen LogP contribution in [-0.2, 0) is 19.3 Å². The Kier molecular flexibility index (Phi) is 2.16. The second kappa shape index (κ2) is 3.24. The van der Waals surface area contributed by atoms with Gasteiger partial charge in [0.15, 0.2) is 0 Å². The molecule has 0 spiro atoms. The predicted octanol–water partition coefficient (Wildman–Crippen LogP) is 2.18. The maximum atomic E-state index is 12.6. The van der Waals surface area contributed by atoms with E-state index in [1.54, 1.807) is 6.07 Å². The molecule has 1 heterocycles. The van der Waals surface area contributed by atoms with E-state index in [4.69, 9.17) is 5.26 Å². The van der Waals surface area contributed by atoms with Crippen molar-refractivity contribution in [1.82, 2.24) is 5.32 Å². The molecule has 0 radical (unpaired) electrons. The summed E-state index contributed by atoms with van der Waals surface area (Å²) in [5.41, 5.74) is 0.203. The molecule has 0 aliphatic carbocycles. The zero-order valence-electron chi connectivity index (χ0n) is 7.65. The highest BCUT2D eigenvalue weighted by Crippen LogP contribution is 2.35. The van der Waals surface area contributed by atoms with Crippen LogP contribution in [0.2, 0.25) is 0 Å². The normalized spacial score (nSPS) is 14.8. The molecule has 0 saturated carbocycles. The summed E-state index contributed by atoms with van der Waals surface area (Å²) in [5.74, 6) is 0. The molecule has 0 amide bonds. The van der Waals surface area contributed by atoms with E-state index in [2.05, 4.69) is 5.32 Å². The Hall–Kier alpha value is -1.54. The predicted molar refractivity (Wildman–Crippen MR) is 46.7 cm³/mol. The Morgan fingerprint density at radius 2 is 2.00 bits per heavy atom. The molecule has 0 fully saturated rings. The van der Waals surface area contributed by atoms with Crippen LogP contribution < -0.4 is 5.32 Å². The largest absolute Gasteiger partial charge is 0.416 e. The summed E-state index contributed by atoms with van der Waals surface area (Å²) in [6.45, 7) is 0.615. The van der Waals surface area contributed by atoms with Crippen LogP contribution in [0.5, 0.6) is 0 Å². The highest BCUT2D eigenvalue weighted by molar-refractivity contribution is 5.46. The van der Waals surface area contributed by atoms with Crippen molar-refractivity contribution in [1.29, 1.82) is 5.26 Å². The molecule has 5 heteroatoms. The number of alkyl halides is 3. The van der Waals surface area contributed by atoms with Gasteiger partial charge < -0.3 is 5.32 Å². The molecule has 1 aliphatic heterocycles. The third-order valence-electron chi connectivity index (χ3n) is 2.39. The van der Waals surface area contributed by atoms with E-state index in [-0.39, 0.29) is 17.7 Å². The maximum Gasteiger partial charge on any atom is 0.416 e. The van der Waals surface area contributed by atoms with Crippen molar-refractivity contribution in [3.8, 4) is 6.07 Å². The number of nitrogens with zero attached hydrogens (tertiary/aromatic N) is 1. The van der Waals surface area contributed by atoms with Gasteiger partial charge in [0.1, 0.15) is 0 Å². The van der Waals surface area contributed by atoms with E-state index < -0.39 is 11.7 Å². The number of hydrogen-bond acceptors (Lipinski definition) is 2. The molecule has 1 aromatic carbocycles. The van der Waals surface area contributed by atoms with E-state index in [9.17, 15) is 13.2 Å². The summed E-state index contributed by atoms with van der Waals surface area (Å²) in [6, 6.07) is 4.15. The summed E-state index contributed by atoms with van der Waals surface area (Å²) in [4.78, 5) is 0. The lowest BCUT2D eigenvalue weighted by atomic mass is 10.00. The van der Waals surface area contributed by atoms with E-state index >= 15 is 0 Å². The summed E-state index contributed by atoms with van der Waals surface area (Å²) in [5, 5.41) is 11.5. The molecule has 0 atom stereocenters. The van der Waals surface area contributed by atoms with E-state index in [0.717, 1.165) is 6.07 Å². The molecule has 0 aromatic heterocycles. The van der Waals surface area contributed by atoms with Crippen LogP contribution in [-0.4, -0.2) is 0 Å². The van der Waals surface area contributed by atoms with Crippen LogP contribution in [0, 0.1) is 11.3 Å². The first-order valence-corrected chi connectivity index (χ1v) is 4.36. The lowest BCUT2D eigenvalue weighted by molar-refractivity contribution is -0.138. The summed E-state index contributed by atoms with van der Waals surface area (Å²) < 4.78 is 37.9. The van der Waals surface area contributed by atoms with Gasteiger partial charge in [0.25, 0.3) is 0 Å². The average molecular weight is 212 g/mol. The van der Waals surface area contributed by atoms with Crippen LogP contribution in [0.1, 0.15) is 22.3 Å². The molecule has 1 aliphatic rings. The lowest BCUT2D eigenvalue weighted by Gasteiger charge is -2.11. The highest BCUT2D eigenvalue weighted by atomic mass is 19.4. The number of rotatable bonds is 0. The molecular formula is C10H7F3N2. The number of nitrogens with one attached hydrogen (secondary N) is 1. The summed E-state index contributed by atoms with van der Waals surface area (Å²) in [7, 11) is 0. The number of halogens is 3. The van der Waals surface area contributed by atoms with Gasteiger partial charge in [-0.15, -0.1) is 0 Å². The number of nitriles is 1. The molecule has 1 N–H and O–H groups in total. The highest BCUT2D eigenvalue weighted by Gasteiger charge is 2.35. The van der Waals surface area contributed by atoms with E-state index in [1.165, 1.54) is 6.07 Å². The molecule has 0 bridgehead atoms. The van der Waals surface area contributed by atoms with Crippen LogP contribution in [0.25, 0.3) is 0 Å². The maximum absolute atomic E-state index is 12.6. The standard InChI is InChI=1S/C10H7F3N2/c11-10(12,13)9-2-6(3-14)1-7-4-15-5-8(7)9/h1-2,15H,4-5H2. The van der Waals surface area contributed by atoms with Crippen LogP contribution >= 0.6 is 0 Å². The van der Waals surface area contributed by atoms with Gasteiger partial charge in [0.2, 0.25) is 0 Å². The monoisotopic (exact) mass is 212 g/mol. The first kappa shape index (κ1) is 9.99. The number of benzene rings is 1. The zero-order chi connectivity index (χ0) is 11.1. The Bertz CT molecular complexity index is 443. The van der Waals surface area contributed by atoms with Crippen molar-refractivity contribution >= 4 is 0 Å². The lowest BCUT2D eigenvalue weighted by Crippen LogP contribution is -2.10. The third-order valence-corrected chi connectivity index (χ3v) is 2.39. The molecule has 2 rings (SSSR count). The Balaban J connectivity index is 2.64. The van der Waals surface area contributed by atoms with Gasteiger partial charge in [-0.1, -0.05) is 0 Å². The zero-order valence-corrected chi connectivity index (χ0v) is 7.65. The molecule has 0 unspecified atom stereocenters. The van der Waals surface area contributed by atoms with Crippen LogP contribution in [0.4, 0.5) is 13.2 Å². The molecule has 0 saturated heterocycles. The number of hydrogen-bond donors (Lipinski definition) is 1. The smallest absolute Gasteiger partial charge is 0.309 e. The van der Waals surface area contributed by atoms with Gasteiger partial charge in [-0.25, -0.2) is 0 Å². The topological polar surface area (TPSA) is 35.8 Å². The summed E-state index contributed by atoms with van der Waals surface area (Å²) in [6.07, 6.45) is -4.39. The Morgan fingerprint density at radius 3 is 2.60 bits per heavy atom. The van der Waals surface area contributed by atoms with E-state index in [0.29, 0.717) is 12.1 Å². The van der Waals surface area contributed by atoms with Crippen molar-refractivity contribution in [3.63, 3.8) is 0 Å². The minimum absolute atomic E-state index is 0.0600. The molecule has 78 valence electrons. The first-order valence-electron chi connectivity index (χ1n) is 4.36. The van der Waals surface area contributed by atoms with Crippen molar-refractivity contribution in [2.24, 2.45) is 0 Å². The fourth-order valence-electron chi connectivity index (χ4n) is 1.74. The van der Waals surface area contributed by atoms with Crippen LogP contribution in [0.15, 0.2) is 12.1 Å². The first-order chi connectivity index (χ1) is 7.02. The van der Waals surface area contributed by atoms with Crippen LogP contribution in [0.3, 0.4) is 0 Å². The van der Waals surface area contributed by atoms with Crippen molar-refractivity contribution < 1.29 is 13.2 Å². The van der Waals surface area contributed by atoms with Gasteiger partial charge in [-0.2, -0.15) is 18.4 Å². The Labute approximate surface area is 84.3 Å². The van der Waals surface area contributed by atoms with Gasteiger partial charge in [0.05, 0.1) is 17.2 Å². The molecule has 15 heavy (non-hydrogen) atoms. The molecule has 2 nitrogen and oxygen atoms in total. The van der Waals surface area contributed by atoms with Gasteiger partial charge >= 0.3 is 6.18 Å². The van der Waals surface area contributed by atoms with Crippen molar-refractivity contribution in [3.05, 3.63) is 34.4 Å². The average Bonchev–Trinajstić information content (AvgIpc) is 2.61.